The smallest absolute Gasteiger partial charge is 0.200 e. The Balaban J connectivity index is 1.93. The molecule has 0 spiro atoms. The molecule has 1 saturated heterocycles. The summed E-state index contributed by atoms with van der Waals surface area (Å²) in [7, 11) is -1.26. The molecule has 1 aliphatic heterocycles. The van der Waals surface area contributed by atoms with Gasteiger partial charge in [0.2, 0.25) is 5.88 Å². The van der Waals surface area contributed by atoms with E-state index in [-0.39, 0.29) is 17.4 Å². The molecule has 0 saturated carbocycles. The summed E-state index contributed by atoms with van der Waals surface area (Å²) in [5, 5.41) is 8.24. The first-order chi connectivity index (χ1) is 9.09. The summed E-state index contributed by atoms with van der Waals surface area (Å²) >= 11 is 0. The van der Waals surface area contributed by atoms with Crippen molar-refractivity contribution in [2.45, 2.75) is 12.8 Å². The van der Waals surface area contributed by atoms with Crippen molar-refractivity contribution in [1.29, 1.82) is 0 Å². The van der Waals surface area contributed by atoms with Crippen LogP contribution in [0.15, 0.2) is 18.2 Å². The highest BCUT2D eigenvalue weighted by Crippen LogP contribution is 2.24. The summed E-state index contributed by atoms with van der Waals surface area (Å²) in [6.45, 7) is 0. The zero-order chi connectivity index (χ0) is 13.5. The Hall–Kier alpha value is -1.63. The van der Waals surface area contributed by atoms with E-state index in [1.807, 2.05) is 22.6 Å². The minimum absolute atomic E-state index is 0.127. The molecule has 0 N–H and O–H groups in total. The predicted octanol–water partition coefficient (Wildman–Crippen LogP) is 0.715. The molecule has 0 amide bonds. The van der Waals surface area contributed by atoms with E-state index in [1.165, 1.54) is 0 Å². The number of rotatable bonds is 3. The molecule has 19 heavy (non-hydrogen) atoms. The Morgan fingerprint density at radius 2 is 2.26 bits per heavy atom. The molecule has 1 atom stereocenters. The fraction of sp³-hybridized carbons (Fsp3) is 0.500. The Labute approximate surface area is 111 Å². The number of fused-ring (bicyclic) bond motifs is 1. The van der Waals surface area contributed by atoms with Crippen LogP contribution in [0.3, 0.4) is 0 Å². The topological polar surface area (TPSA) is 73.6 Å². The van der Waals surface area contributed by atoms with Gasteiger partial charge < -0.3 is 4.74 Å². The van der Waals surface area contributed by atoms with Gasteiger partial charge in [-0.3, -0.25) is 0 Å². The molecule has 2 aromatic rings. The van der Waals surface area contributed by atoms with Gasteiger partial charge in [-0.15, -0.1) is 10.2 Å². The maximum absolute atomic E-state index is 11.5. The summed E-state index contributed by atoms with van der Waals surface area (Å²) in [6, 6.07) is 5.54. The number of hydrogen-bond acceptors (Lipinski definition) is 5. The van der Waals surface area contributed by atoms with Gasteiger partial charge in [0.05, 0.1) is 18.6 Å². The van der Waals surface area contributed by atoms with Gasteiger partial charge >= 0.3 is 0 Å². The molecule has 1 fully saturated rings. The minimum Gasteiger partial charge on any atom is -0.482 e. The molecule has 0 aliphatic carbocycles. The number of pyridine rings is 1. The second-order valence-corrected chi connectivity index (χ2v) is 7.08. The van der Waals surface area contributed by atoms with Gasteiger partial charge in [0.1, 0.15) is 5.82 Å². The van der Waals surface area contributed by atoms with Crippen LogP contribution in [0.2, 0.25) is 0 Å². The summed E-state index contributed by atoms with van der Waals surface area (Å²) in [5.74, 6) is 2.08. The zero-order valence-electron chi connectivity index (χ0n) is 10.6. The van der Waals surface area contributed by atoms with Crippen LogP contribution in [-0.2, 0) is 16.3 Å². The van der Waals surface area contributed by atoms with Crippen molar-refractivity contribution in [2.75, 3.05) is 18.6 Å². The number of methoxy groups -OCH3 is 1. The van der Waals surface area contributed by atoms with Crippen LogP contribution in [0.5, 0.6) is 5.88 Å². The fourth-order valence-electron chi connectivity index (χ4n) is 2.55. The van der Waals surface area contributed by atoms with Gasteiger partial charge in [0, 0.05) is 6.42 Å². The third-order valence-corrected chi connectivity index (χ3v) is 5.30. The summed E-state index contributed by atoms with van der Waals surface area (Å²) < 4.78 is 30.1. The Bertz CT molecular complexity index is 708. The Morgan fingerprint density at radius 1 is 1.42 bits per heavy atom. The molecule has 0 bridgehead atoms. The van der Waals surface area contributed by atoms with Crippen LogP contribution in [0.25, 0.3) is 5.65 Å². The van der Waals surface area contributed by atoms with Crippen LogP contribution in [0, 0.1) is 5.92 Å². The first kappa shape index (κ1) is 12.4. The Morgan fingerprint density at radius 3 is 2.95 bits per heavy atom. The summed E-state index contributed by atoms with van der Waals surface area (Å²) in [6.07, 6.45) is 1.31. The van der Waals surface area contributed by atoms with E-state index in [9.17, 15) is 8.42 Å². The minimum atomic E-state index is -2.86. The van der Waals surface area contributed by atoms with E-state index >= 15 is 0 Å². The Kier molecular flexibility index (Phi) is 2.93. The number of ether oxygens (including phenoxy) is 1. The molecule has 0 radical (unpaired) electrons. The van der Waals surface area contributed by atoms with E-state index in [1.54, 1.807) is 7.11 Å². The van der Waals surface area contributed by atoms with Crippen LogP contribution in [0.4, 0.5) is 0 Å². The molecule has 6 nitrogen and oxygen atoms in total. The molecule has 0 aromatic carbocycles. The molecule has 1 aliphatic rings. The summed E-state index contributed by atoms with van der Waals surface area (Å²) in [5.41, 5.74) is 0.718. The van der Waals surface area contributed by atoms with Gasteiger partial charge in [-0.2, -0.15) is 0 Å². The van der Waals surface area contributed by atoms with E-state index in [0.29, 0.717) is 18.7 Å². The second-order valence-electron chi connectivity index (χ2n) is 4.85. The van der Waals surface area contributed by atoms with Crippen molar-refractivity contribution >= 4 is 15.5 Å². The maximum atomic E-state index is 11.5. The zero-order valence-corrected chi connectivity index (χ0v) is 11.4. The summed E-state index contributed by atoms with van der Waals surface area (Å²) in [4.78, 5) is 0. The monoisotopic (exact) mass is 281 g/mol. The normalized spacial score (nSPS) is 21.8. The highest BCUT2D eigenvalue weighted by atomic mass is 32.2. The van der Waals surface area contributed by atoms with Crippen molar-refractivity contribution in [3.8, 4) is 5.88 Å². The lowest BCUT2D eigenvalue weighted by molar-refractivity contribution is 0.388. The molecular weight excluding hydrogens is 266 g/mol. The maximum Gasteiger partial charge on any atom is 0.200 e. The molecular formula is C12H15N3O3S. The van der Waals surface area contributed by atoms with Crippen LogP contribution < -0.4 is 4.74 Å². The molecule has 2 aromatic heterocycles. The first-order valence-corrected chi connectivity index (χ1v) is 7.98. The number of sulfone groups is 1. The van der Waals surface area contributed by atoms with Crippen LogP contribution >= 0.6 is 0 Å². The molecule has 1 unspecified atom stereocenters. The van der Waals surface area contributed by atoms with E-state index < -0.39 is 9.84 Å². The lowest BCUT2D eigenvalue weighted by atomic mass is 10.1. The van der Waals surface area contributed by atoms with Gasteiger partial charge in [0.25, 0.3) is 0 Å². The second kappa shape index (κ2) is 4.48. The van der Waals surface area contributed by atoms with E-state index in [4.69, 9.17) is 4.74 Å². The van der Waals surface area contributed by atoms with Crippen molar-refractivity contribution in [3.63, 3.8) is 0 Å². The highest BCUT2D eigenvalue weighted by molar-refractivity contribution is 7.91. The predicted molar refractivity (Wildman–Crippen MR) is 70.0 cm³/mol. The number of aromatic nitrogens is 3. The first-order valence-electron chi connectivity index (χ1n) is 6.16. The molecule has 102 valence electrons. The lowest BCUT2D eigenvalue weighted by Gasteiger charge is -2.08. The number of nitrogens with zero attached hydrogens (tertiary/aromatic N) is 3. The van der Waals surface area contributed by atoms with Crippen molar-refractivity contribution in [2.24, 2.45) is 5.92 Å². The standard InChI is InChI=1S/C12H15N3O3S/c1-18-12-4-2-3-10-13-14-11(15(10)12)7-9-5-6-19(16,17)8-9/h2-4,9H,5-8H2,1H3. The quantitative estimate of drug-likeness (QED) is 0.828. The van der Waals surface area contributed by atoms with Crippen molar-refractivity contribution in [1.82, 2.24) is 14.6 Å². The van der Waals surface area contributed by atoms with Crippen LogP contribution in [0.1, 0.15) is 12.2 Å². The molecule has 3 rings (SSSR count). The van der Waals surface area contributed by atoms with Gasteiger partial charge in [-0.05, 0) is 24.5 Å². The average molecular weight is 281 g/mol. The van der Waals surface area contributed by atoms with Crippen LogP contribution in [-0.4, -0.2) is 41.6 Å². The third kappa shape index (κ3) is 2.30. The van der Waals surface area contributed by atoms with Gasteiger partial charge in [-0.25, -0.2) is 12.8 Å². The highest BCUT2D eigenvalue weighted by Gasteiger charge is 2.29. The lowest BCUT2D eigenvalue weighted by Crippen LogP contribution is -2.10. The average Bonchev–Trinajstić information content (AvgIpc) is 2.93. The largest absolute Gasteiger partial charge is 0.482 e. The van der Waals surface area contributed by atoms with Gasteiger partial charge in [-0.1, -0.05) is 6.07 Å². The van der Waals surface area contributed by atoms with Gasteiger partial charge in [0.15, 0.2) is 15.5 Å². The number of hydrogen-bond donors (Lipinski definition) is 0. The SMILES string of the molecule is COc1cccc2nnc(CC3CCS(=O)(=O)C3)n12. The van der Waals surface area contributed by atoms with E-state index in [0.717, 1.165) is 11.5 Å². The molecule has 3 heterocycles. The fourth-order valence-corrected chi connectivity index (χ4v) is 4.41. The molecule has 7 heteroatoms. The van der Waals surface area contributed by atoms with Crippen molar-refractivity contribution < 1.29 is 13.2 Å². The third-order valence-electron chi connectivity index (χ3n) is 3.47. The van der Waals surface area contributed by atoms with E-state index in [2.05, 4.69) is 10.2 Å². The van der Waals surface area contributed by atoms with Crippen molar-refractivity contribution in [3.05, 3.63) is 24.0 Å².